The van der Waals surface area contributed by atoms with E-state index in [1.54, 1.807) is 41.4 Å². The lowest BCUT2D eigenvalue weighted by Crippen LogP contribution is -2.09. The average molecular weight is 318 g/mol. The number of ketones is 1. The zero-order chi connectivity index (χ0) is 17.4. The number of carbonyl (C=O) groups is 1. The third-order valence-electron chi connectivity index (χ3n) is 3.08. The SMILES string of the molecule is CN(C)/C=C\C(=O)/C(=C\c1ccccc1)Oc1ccc(C#N)cc1. The van der Waals surface area contributed by atoms with Gasteiger partial charge in [-0.1, -0.05) is 30.3 Å². The molecule has 0 radical (unpaired) electrons. The molecule has 24 heavy (non-hydrogen) atoms. The van der Waals surface area contributed by atoms with Crippen molar-refractivity contribution in [2.75, 3.05) is 14.1 Å². The molecule has 0 aromatic heterocycles. The van der Waals surface area contributed by atoms with Crippen molar-refractivity contribution in [3.8, 4) is 11.8 Å². The second kappa shape index (κ2) is 8.35. The van der Waals surface area contributed by atoms with E-state index in [0.717, 1.165) is 5.56 Å². The summed E-state index contributed by atoms with van der Waals surface area (Å²) in [5, 5.41) is 8.85. The summed E-state index contributed by atoms with van der Waals surface area (Å²) < 4.78 is 5.74. The molecule has 0 unspecified atom stereocenters. The van der Waals surface area contributed by atoms with Crippen LogP contribution < -0.4 is 4.74 Å². The lowest BCUT2D eigenvalue weighted by molar-refractivity contribution is -0.113. The molecule has 4 heteroatoms. The Morgan fingerprint density at radius 3 is 2.33 bits per heavy atom. The van der Waals surface area contributed by atoms with Gasteiger partial charge < -0.3 is 9.64 Å². The first kappa shape index (κ1) is 17.0. The van der Waals surface area contributed by atoms with Crippen LogP contribution in [-0.4, -0.2) is 24.8 Å². The Bertz CT molecular complexity index is 783. The minimum atomic E-state index is -0.239. The molecule has 0 spiro atoms. The van der Waals surface area contributed by atoms with E-state index in [1.165, 1.54) is 6.08 Å². The third kappa shape index (κ3) is 5.15. The molecular weight excluding hydrogens is 300 g/mol. The number of carbonyl (C=O) groups excluding carboxylic acids is 1. The van der Waals surface area contributed by atoms with Crippen LogP contribution in [0, 0.1) is 11.3 Å². The molecule has 4 nitrogen and oxygen atoms in total. The van der Waals surface area contributed by atoms with E-state index in [0.29, 0.717) is 11.3 Å². The number of nitriles is 1. The molecule has 2 aromatic rings. The number of hydrogen-bond donors (Lipinski definition) is 0. The monoisotopic (exact) mass is 318 g/mol. The van der Waals surface area contributed by atoms with Gasteiger partial charge in [0.1, 0.15) is 5.75 Å². The third-order valence-corrected chi connectivity index (χ3v) is 3.08. The number of hydrogen-bond acceptors (Lipinski definition) is 4. The molecule has 0 aliphatic rings. The van der Waals surface area contributed by atoms with Crippen LogP contribution in [0.4, 0.5) is 0 Å². The maximum Gasteiger partial charge on any atom is 0.222 e. The Morgan fingerprint density at radius 1 is 1.08 bits per heavy atom. The van der Waals surface area contributed by atoms with Crippen LogP contribution in [0.5, 0.6) is 5.75 Å². The molecule has 0 saturated carbocycles. The molecule has 2 rings (SSSR count). The van der Waals surface area contributed by atoms with Crippen LogP contribution in [0.2, 0.25) is 0 Å². The van der Waals surface area contributed by atoms with E-state index in [2.05, 4.69) is 0 Å². The van der Waals surface area contributed by atoms with Crippen LogP contribution >= 0.6 is 0 Å². The van der Waals surface area contributed by atoms with Crippen molar-refractivity contribution in [3.05, 3.63) is 83.8 Å². The molecule has 0 N–H and O–H groups in total. The van der Waals surface area contributed by atoms with Crippen molar-refractivity contribution in [3.63, 3.8) is 0 Å². The average Bonchev–Trinajstić information content (AvgIpc) is 2.60. The van der Waals surface area contributed by atoms with Crippen molar-refractivity contribution < 1.29 is 9.53 Å². The first-order valence-corrected chi connectivity index (χ1v) is 7.42. The summed E-state index contributed by atoms with van der Waals surface area (Å²) >= 11 is 0. The fourth-order valence-electron chi connectivity index (χ4n) is 1.87. The quantitative estimate of drug-likeness (QED) is 0.603. The van der Waals surface area contributed by atoms with Crippen molar-refractivity contribution in [1.29, 1.82) is 5.26 Å². The largest absolute Gasteiger partial charge is 0.453 e. The lowest BCUT2D eigenvalue weighted by atomic mass is 10.1. The highest BCUT2D eigenvalue weighted by Gasteiger charge is 2.10. The van der Waals surface area contributed by atoms with E-state index in [1.807, 2.05) is 50.5 Å². The Balaban J connectivity index is 2.29. The molecule has 120 valence electrons. The molecule has 0 bridgehead atoms. The molecule has 2 aromatic carbocycles. The molecule has 0 saturated heterocycles. The molecule has 0 heterocycles. The van der Waals surface area contributed by atoms with E-state index in [-0.39, 0.29) is 11.5 Å². The number of rotatable bonds is 6. The lowest BCUT2D eigenvalue weighted by Gasteiger charge is -2.09. The minimum absolute atomic E-state index is 0.212. The highest BCUT2D eigenvalue weighted by molar-refractivity contribution is 6.05. The van der Waals surface area contributed by atoms with Gasteiger partial charge in [0.25, 0.3) is 0 Å². The predicted octanol–water partition coefficient (Wildman–Crippen LogP) is 3.62. The van der Waals surface area contributed by atoms with E-state index < -0.39 is 0 Å². The molecule has 0 aliphatic carbocycles. The summed E-state index contributed by atoms with van der Waals surface area (Å²) in [7, 11) is 3.68. The maximum atomic E-state index is 12.4. The van der Waals surface area contributed by atoms with Gasteiger partial charge in [-0.05, 0) is 35.9 Å². The van der Waals surface area contributed by atoms with Crippen LogP contribution in [0.25, 0.3) is 6.08 Å². The van der Waals surface area contributed by atoms with Crippen molar-refractivity contribution in [2.24, 2.45) is 0 Å². The van der Waals surface area contributed by atoms with Crippen LogP contribution in [0.15, 0.2) is 72.6 Å². The molecule has 0 amide bonds. The summed E-state index contributed by atoms with van der Waals surface area (Å²) in [6, 6.07) is 18.2. The molecule has 0 fully saturated rings. The Hall–Kier alpha value is -3.32. The molecular formula is C20H18N2O2. The normalized spacial score (nSPS) is 11.1. The number of nitrogens with zero attached hydrogens (tertiary/aromatic N) is 2. The van der Waals surface area contributed by atoms with Crippen molar-refractivity contribution in [2.45, 2.75) is 0 Å². The van der Waals surface area contributed by atoms with Gasteiger partial charge in [0.2, 0.25) is 5.78 Å². The Labute approximate surface area is 141 Å². The van der Waals surface area contributed by atoms with Crippen LogP contribution in [0.1, 0.15) is 11.1 Å². The van der Waals surface area contributed by atoms with Crippen LogP contribution in [0.3, 0.4) is 0 Å². The summed E-state index contributed by atoms with van der Waals surface area (Å²) in [6.45, 7) is 0. The van der Waals surface area contributed by atoms with Gasteiger partial charge in [0.05, 0.1) is 11.6 Å². The smallest absolute Gasteiger partial charge is 0.222 e. The fraction of sp³-hybridized carbons (Fsp3) is 0.100. The van der Waals surface area contributed by atoms with Gasteiger partial charge in [-0.25, -0.2) is 0 Å². The van der Waals surface area contributed by atoms with Gasteiger partial charge in [0, 0.05) is 26.4 Å². The first-order valence-electron chi connectivity index (χ1n) is 7.42. The van der Waals surface area contributed by atoms with Gasteiger partial charge in [-0.3, -0.25) is 4.79 Å². The van der Waals surface area contributed by atoms with Crippen LogP contribution in [-0.2, 0) is 4.79 Å². The topological polar surface area (TPSA) is 53.3 Å². The fourth-order valence-corrected chi connectivity index (χ4v) is 1.87. The second-order valence-corrected chi connectivity index (χ2v) is 5.30. The second-order valence-electron chi connectivity index (χ2n) is 5.30. The number of ether oxygens (including phenoxy) is 1. The van der Waals surface area contributed by atoms with Crippen molar-refractivity contribution in [1.82, 2.24) is 4.90 Å². The maximum absolute atomic E-state index is 12.4. The minimum Gasteiger partial charge on any atom is -0.453 e. The zero-order valence-corrected chi connectivity index (χ0v) is 13.6. The first-order chi connectivity index (χ1) is 11.6. The van der Waals surface area contributed by atoms with Gasteiger partial charge in [0.15, 0.2) is 5.76 Å². The molecule has 0 aliphatic heterocycles. The molecule has 0 atom stereocenters. The standard InChI is InChI=1S/C20H18N2O2/c1-22(2)13-12-19(23)20(14-16-6-4-3-5-7-16)24-18-10-8-17(15-21)9-11-18/h3-14H,1-2H3/b13-12-,20-14+. The van der Waals surface area contributed by atoms with E-state index in [9.17, 15) is 4.79 Å². The van der Waals surface area contributed by atoms with Gasteiger partial charge in [-0.15, -0.1) is 0 Å². The number of allylic oxidation sites excluding steroid dienone is 1. The predicted molar refractivity (Wildman–Crippen MR) is 94.0 cm³/mol. The van der Waals surface area contributed by atoms with Gasteiger partial charge >= 0.3 is 0 Å². The zero-order valence-electron chi connectivity index (χ0n) is 13.6. The highest BCUT2D eigenvalue weighted by Crippen LogP contribution is 2.18. The Morgan fingerprint density at radius 2 is 1.75 bits per heavy atom. The van der Waals surface area contributed by atoms with E-state index in [4.69, 9.17) is 10.00 Å². The summed E-state index contributed by atoms with van der Waals surface area (Å²) in [4.78, 5) is 14.2. The summed E-state index contributed by atoms with van der Waals surface area (Å²) in [5.41, 5.74) is 1.41. The summed E-state index contributed by atoms with van der Waals surface area (Å²) in [5.74, 6) is 0.476. The summed E-state index contributed by atoms with van der Waals surface area (Å²) in [6.07, 6.45) is 4.82. The highest BCUT2D eigenvalue weighted by atomic mass is 16.5. The van der Waals surface area contributed by atoms with E-state index >= 15 is 0 Å². The van der Waals surface area contributed by atoms with Gasteiger partial charge in [-0.2, -0.15) is 5.26 Å². The number of benzene rings is 2. The van der Waals surface area contributed by atoms with Crippen molar-refractivity contribution >= 4 is 11.9 Å². The Kier molecular flexibility index (Phi) is 5.93.